The predicted octanol–water partition coefficient (Wildman–Crippen LogP) is 0.828. The third-order valence-corrected chi connectivity index (χ3v) is 5.60. The number of morpholine rings is 1. The maximum Gasteiger partial charge on any atom is 0.332 e. The average Bonchev–Trinajstić information content (AvgIpc) is 3.21. The van der Waals surface area contributed by atoms with Gasteiger partial charge in [-0.25, -0.2) is 14.2 Å². The summed E-state index contributed by atoms with van der Waals surface area (Å²) in [7, 11) is 2.97. The van der Waals surface area contributed by atoms with Gasteiger partial charge in [0.1, 0.15) is 5.82 Å². The number of aromatic nitrogens is 4. The Bertz CT molecular complexity index is 1270. The molecule has 0 atom stereocenters. The molecule has 1 amide bonds. The lowest BCUT2D eigenvalue weighted by Crippen LogP contribution is -2.37. The molecule has 1 N–H and O–H groups in total. The van der Waals surface area contributed by atoms with Crippen LogP contribution >= 0.6 is 0 Å². The molecule has 1 fully saturated rings. The van der Waals surface area contributed by atoms with E-state index in [2.05, 4.69) is 10.3 Å². The second-order valence-corrected chi connectivity index (χ2v) is 7.73. The van der Waals surface area contributed by atoms with Crippen molar-refractivity contribution in [1.82, 2.24) is 18.7 Å². The predicted molar refractivity (Wildman–Crippen MR) is 118 cm³/mol. The number of anilines is 2. The maximum atomic E-state index is 14.5. The molecule has 0 radical (unpaired) electrons. The summed E-state index contributed by atoms with van der Waals surface area (Å²) in [5.74, 6) is -0.649. The van der Waals surface area contributed by atoms with Crippen LogP contribution in [-0.4, -0.2) is 50.9 Å². The van der Waals surface area contributed by atoms with Crippen molar-refractivity contribution in [2.75, 3.05) is 36.5 Å². The highest BCUT2D eigenvalue weighted by Gasteiger charge is 2.17. The number of halogens is 1. The largest absolute Gasteiger partial charge is 0.378 e. The molecular weight excluding hydrogens is 419 g/mol. The number of benzene rings is 1. The normalized spacial score (nSPS) is 14.2. The van der Waals surface area contributed by atoms with Gasteiger partial charge in [-0.15, -0.1) is 0 Å². The molecule has 1 aliphatic heterocycles. The highest BCUT2D eigenvalue weighted by Crippen LogP contribution is 2.24. The fourth-order valence-electron chi connectivity index (χ4n) is 3.85. The van der Waals surface area contributed by atoms with Crippen LogP contribution in [0.2, 0.25) is 0 Å². The fraction of sp³-hybridized carbons (Fsp3) is 0.429. The van der Waals surface area contributed by atoms with Gasteiger partial charge >= 0.3 is 5.69 Å². The lowest BCUT2D eigenvalue weighted by molar-refractivity contribution is -0.116. The quantitative estimate of drug-likeness (QED) is 0.604. The van der Waals surface area contributed by atoms with Crippen LogP contribution in [0.3, 0.4) is 0 Å². The molecule has 0 spiro atoms. The van der Waals surface area contributed by atoms with Crippen molar-refractivity contribution in [3.05, 3.63) is 51.2 Å². The molecule has 0 aliphatic carbocycles. The molecule has 32 heavy (non-hydrogen) atoms. The minimum absolute atomic E-state index is 0.179. The highest BCUT2D eigenvalue weighted by molar-refractivity contribution is 5.90. The van der Waals surface area contributed by atoms with Crippen LogP contribution in [0.5, 0.6) is 0 Å². The fourth-order valence-corrected chi connectivity index (χ4v) is 3.85. The Morgan fingerprint density at radius 1 is 1.19 bits per heavy atom. The highest BCUT2D eigenvalue weighted by atomic mass is 19.1. The zero-order chi connectivity index (χ0) is 22.8. The first-order chi connectivity index (χ1) is 15.4. The van der Waals surface area contributed by atoms with Gasteiger partial charge in [-0.2, -0.15) is 0 Å². The van der Waals surface area contributed by atoms with E-state index in [0.29, 0.717) is 61.8 Å². The molecule has 10 nitrogen and oxygen atoms in total. The van der Waals surface area contributed by atoms with Gasteiger partial charge in [-0.3, -0.25) is 18.7 Å². The van der Waals surface area contributed by atoms with Crippen LogP contribution < -0.4 is 21.5 Å². The van der Waals surface area contributed by atoms with Gasteiger partial charge < -0.3 is 19.5 Å². The molecule has 11 heteroatoms. The van der Waals surface area contributed by atoms with Crippen molar-refractivity contribution in [1.29, 1.82) is 0 Å². The third-order valence-electron chi connectivity index (χ3n) is 5.60. The number of rotatable bonds is 6. The lowest BCUT2D eigenvalue weighted by atomic mass is 10.2. The molecule has 170 valence electrons. The number of nitrogens with one attached hydrogen (secondary N) is 1. The Morgan fingerprint density at radius 2 is 1.94 bits per heavy atom. The molecule has 0 unspecified atom stereocenters. The number of nitrogens with zero attached hydrogens (tertiary/aromatic N) is 5. The van der Waals surface area contributed by atoms with Gasteiger partial charge in [0.05, 0.1) is 25.2 Å². The van der Waals surface area contributed by atoms with Crippen molar-refractivity contribution < 1.29 is 13.9 Å². The van der Waals surface area contributed by atoms with Crippen LogP contribution in [0, 0.1) is 5.82 Å². The van der Waals surface area contributed by atoms with Crippen molar-refractivity contribution in [2.24, 2.45) is 14.1 Å². The number of carbonyl (C=O) groups is 1. The Morgan fingerprint density at radius 3 is 2.66 bits per heavy atom. The molecule has 1 saturated heterocycles. The summed E-state index contributed by atoms with van der Waals surface area (Å²) >= 11 is 0. The van der Waals surface area contributed by atoms with Crippen molar-refractivity contribution in [3.8, 4) is 0 Å². The third kappa shape index (κ3) is 4.15. The molecule has 3 aromatic rings. The van der Waals surface area contributed by atoms with Crippen molar-refractivity contribution >= 4 is 28.4 Å². The number of hydrogen-bond donors (Lipinski definition) is 1. The summed E-state index contributed by atoms with van der Waals surface area (Å²) < 4.78 is 23.8. The summed E-state index contributed by atoms with van der Waals surface area (Å²) in [6.45, 7) is 2.76. The van der Waals surface area contributed by atoms with Crippen molar-refractivity contribution in [2.45, 2.75) is 19.4 Å². The van der Waals surface area contributed by atoms with E-state index < -0.39 is 17.1 Å². The first-order valence-electron chi connectivity index (χ1n) is 10.4. The number of imidazole rings is 1. The first kappa shape index (κ1) is 21.8. The van der Waals surface area contributed by atoms with Crippen LogP contribution in [0.4, 0.5) is 15.8 Å². The summed E-state index contributed by atoms with van der Waals surface area (Å²) in [5, 5.41) is 2.71. The summed E-state index contributed by atoms with van der Waals surface area (Å²) in [6.07, 6.45) is 2.11. The summed E-state index contributed by atoms with van der Waals surface area (Å²) in [4.78, 5) is 42.9. The molecule has 3 heterocycles. The second-order valence-electron chi connectivity index (χ2n) is 7.73. The summed E-state index contributed by atoms with van der Waals surface area (Å²) in [5.41, 5.74) is 0.629. The minimum Gasteiger partial charge on any atom is -0.378 e. The Labute approximate surface area is 182 Å². The van der Waals surface area contributed by atoms with E-state index in [1.165, 1.54) is 24.0 Å². The van der Waals surface area contributed by atoms with Gasteiger partial charge in [0, 0.05) is 45.8 Å². The number of carbonyl (C=O) groups excluding carboxylic acids is 1. The van der Waals surface area contributed by atoms with Crippen LogP contribution in [-0.2, 0) is 30.2 Å². The zero-order valence-electron chi connectivity index (χ0n) is 18.0. The maximum absolute atomic E-state index is 14.5. The number of aryl methyl sites for hydroxylation is 2. The zero-order valence-corrected chi connectivity index (χ0v) is 18.0. The Kier molecular flexibility index (Phi) is 6.08. The molecule has 0 bridgehead atoms. The van der Waals surface area contributed by atoms with Gasteiger partial charge in [-0.05, 0) is 24.6 Å². The monoisotopic (exact) mass is 444 g/mol. The van der Waals surface area contributed by atoms with Crippen LogP contribution in [0.15, 0.2) is 34.1 Å². The molecule has 4 rings (SSSR count). The average molecular weight is 444 g/mol. The van der Waals surface area contributed by atoms with E-state index in [0.717, 1.165) is 4.57 Å². The van der Waals surface area contributed by atoms with E-state index in [1.807, 2.05) is 4.90 Å². The lowest BCUT2D eigenvalue weighted by Gasteiger charge is -2.29. The number of hydrogen-bond acceptors (Lipinski definition) is 6. The molecule has 1 aromatic carbocycles. The van der Waals surface area contributed by atoms with Crippen LogP contribution in [0.25, 0.3) is 11.2 Å². The SMILES string of the molecule is Cn1c(=O)c2c(ncn2CCCC(=O)Nc2ccc(N3CCOCC3)c(F)c2)n(C)c1=O. The van der Waals surface area contributed by atoms with E-state index in [1.54, 1.807) is 23.7 Å². The van der Waals surface area contributed by atoms with E-state index in [9.17, 15) is 18.8 Å². The Hall–Kier alpha value is -3.47. The minimum atomic E-state index is -0.445. The molecule has 0 saturated carbocycles. The van der Waals surface area contributed by atoms with E-state index >= 15 is 0 Å². The standard InChI is InChI=1S/C21H25FN6O4/c1-25-19-18(20(30)26(2)21(25)31)28(13-23-19)7-3-4-17(29)24-14-5-6-16(15(22)12-14)27-8-10-32-11-9-27/h5-6,12-13H,3-4,7-11H2,1-2H3,(H,24,29). The number of amides is 1. The Balaban J connectivity index is 1.37. The van der Waals surface area contributed by atoms with E-state index in [4.69, 9.17) is 4.74 Å². The second kappa shape index (κ2) is 8.95. The van der Waals surface area contributed by atoms with Gasteiger partial charge in [0.15, 0.2) is 11.2 Å². The van der Waals surface area contributed by atoms with Crippen LogP contribution in [0.1, 0.15) is 12.8 Å². The number of ether oxygens (including phenoxy) is 1. The topological polar surface area (TPSA) is 103 Å². The number of fused-ring (bicyclic) bond motifs is 1. The van der Waals surface area contributed by atoms with E-state index in [-0.39, 0.29) is 12.3 Å². The van der Waals surface area contributed by atoms with Gasteiger partial charge in [0.2, 0.25) is 5.91 Å². The van der Waals surface area contributed by atoms with Gasteiger partial charge in [0.25, 0.3) is 5.56 Å². The molecule has 1 aliphatic rings. The first-order valence-corrected chi connectivity index (χ1v) is 10.4. The smallest absolute Gasteiger partial charge is 0.332 e. The molecule has 2 aromatic heterocycles. The van der Waals surface area contributed by atoms with Crippen molar-refractivity contribution in [3.63, 3.8) is 0 Å². The van der Waals surface area contributed by atoms with Gasteiger partial charge in [-0.1, -0.05) is 0 Å². The molecular formula is C21H25FN6O4. The summed E-state index contributed by atoms with van der Waals surface area (Å²) in [6, 6.07) is 4.66.